The molecule has 0 unspecified atom stereocenters. The van der Waals surface area contributed by atoms with E-state index < -0.39 is 17.7 Å². The molecule has 0 aliphatic heterocycles. The van der Waals surface area contributed by atoms with Crippen molar-refractivity contribution in [3.8, 4) is 0 Å². The predicted octanol–water partition coefficient (Wildman–Crippen LogP) is 2.27. The maximum atomic E-state index is 11.7. The number of carbonyl (C=O) groups is 2. The maximum absolute atomic E-state index is 11.7. The number of carboxylic acid groups (broad SMARTS) is 1. The summed E-state index contributed by atoms with van der Waals surface area (Å²) in [4.78, 5) is 23.6. The molecular weight excluding hydrogens is 222 g/mol. The number of carboxylic acids is 1. The van der Waals surface area contributed by atoms with E-state index in [9.17, 15) is 9.59 Å². The van der Waals surface area contributed by atoms with Crippen LogP contribution in [-0.2, 0) is 9.53 Å². The lowest BCUT2D eigenvalue weighted by Crippen LogP contribution is -2.37. The summed E-state index contributed by atoms with van der Waals surface area (Å²) in [5.41, 5.74) is -0.552. The third-order valence-corrected chi connectivity index (χ3v) is 1.82. The molecule has 0 saturated carbocycles. The van der Waals surface area contributed by atoms with Crippen molar-refractivity contribution in [2.75, 3.05) is 13.1 Å². The Labute approximate surface area is 102 Å². The number of hydrogen-bond donors (Lipinski definition) is 1. The summed E-state index contributed by atoms with van der Waals surface area (Å²) < 4.78 is 5.20. The van der Waals surface area contributed by atoms with Crippen molar-refractivity contribution in [3.63, 3.8) is 0 Å². The van der Waals surface area contributed by atoms with Crippen LogP contribution in [0.3, 0.4) is 0 Å². The van der Waals surface area contributed by atoms with Crippen LogP contribution in [0.15, 0.2) is 12.7 Å². The molecular formula is C12H21NO4. The van der Waals surface area contributed by atoms with Crippen LogP contribution in [0, 0.1) is 0 Å². The van der Waals surface area contributed by atoms with Crippen molar-refractivity contribution in [3.05, 3.63) is 12.7 Å². The molecule has 0 aliphatic rings. The van der Waals surface area contributed by atoms with Crippen LogP contribution < -0.4 is 0 Å². The first-order valence-corrected chi connectivity index (χ1v) is 5.57. The van der Waals surface area contributed by atoms with Gasteiger partial charge in [0.1, 0.15) is 5.60 Å². The molecule has 0 radical (unpaired) electrons. The lowest BCUT2D eigenvalue weighted by molar-refractivity contribution is -0.137. The molecule has 1 amide bonds. The van der Waals surface area contributed by atoms with Gasteiger partial charge in [-0.05, 0) is 27.2 Å². The molecule has 0 aliphatic carbocycles. The fourth-order valence-corrected chi connectivity index (χ4v) is 1.16. The predicted molar refractivity (Wildman–Crippen MR) is 64.9 cm³/mol. The minimum Gasteiger partial charge on any atom is -0.481 e. The Balaban J connectivity index is 4.25. The van der Waals surface area contributed by atoms with Crippen LogP contribution in [0.4, 0.5) is 4.79 Å². The van der Waals surface area contributed by atoms with Gasteiger partial charge in [-0.1, -0.05) is 6.08 Å². The molecule has 0 aromatic rings. The van der Waals surface area contributed by atoms with Gasteiger partial charge in [-0.3, -0.25) is 4.79 Å². The summed E-state index contributed by atoms with van der Waals surface area (Å²) in [6.45, 7) is 9.62. The quantitative estimate of drug-likeness (QED) is 0.727. The number of carbonyl (C=O) groups excluding carboxylic acids is 1. The highest BCUT2D eigenvalue weighted by Gasteiger charge is 2.21. The van der Waals surface area contributed by atoms with Crippen molar-refractivity contribution in [1.82, 2.24) is 4.90 Å². The molecule has 1 N–H and O–H groups in total. The van der Waals surface area contributed by atoms with Gasteiger partial charge in [0.15, 0.2) is 0 Å². The monoisotopic (exact) mass is 243 g/mol. The molecule has 0 aromatic heterocycles. The SMILES string of the molecule is C=CCN(CCCC(=O)O)C(=O)OC(C)(C)C. The van der Waals surface area contributed by atoms with Crippen LogP contribution >= 0.6 is 0 Å². The second-order valence-electron chi connectivity index (χ2n) is 4.71. The molecule has 0 spiro atoms. The summed E-state index contributed by atoms with van der Waals surface area (Å²) >= 11 is 0. The van der Waals surface area contributed by atoms with Crippen molar-refractivity contribution in [2.45, 2.75) is 39.2 Å². The second-order valence-corrected chi connectivity index (χ2v) is 4.71. The summed E-state index contributed by atoms with van der Waals surface area (Å²) in [6.07, 6.45) is 1.59. The molecule has 17 heavy (non-hydrogen) atoms. The van der Waals surface area contributed by atoms with E-state index in [0.717, 1.165) is 0 Å². The molecule has 0 atom stereocenters. The first-order valence-electron chi connectivity index (χ1n) is 5.57. The zero-order valence-corrected chi connectivity index (χ0v) is 10.7. The molecule has 5 heteroatoms. The fraction of sp³-hybridized carbons (Fsp3) is 0.667. The Kier molecular flexibility index (Phi) is 6.31. The highest BCUT2D eigenvalue weighted by Crippen LogP contribution is 2.10. The largest absolute Gasteiger partial charge is 0.481 e. The van der Waals surface area contributed by atoms with E-state index in [1.165, 1.54) is 4.90 Å². The minimum atomic E-state index is -0.868. The number of aliphatic carboxylic acids is 1. The van der Waals surface area contributed by atoms with E-state index in [1.54, 1.807) is 26.8 Å². The zero-order chi connectivity index (χ0) is 13.5. The Bertz CT molecular complexity index is 281. The van der Waals surface area contributed by atoms with Crippen molar-refractivity contribution >= 4 is 12.1 Å². The molecule has 5 nitrogen and oxygen atoms in total. The van der Waals surface area contributed by atoms with E-state index >= 15 is 0 Å². The van der Waals surface area contributed by atoms with Gasteiger partial charge in [0, 0.05) is 19.5 Å². The van der Waals surface area contributed by atoms with Gasteiger partial charge in [0.25, 0.3) is 0 Å². The van der Waals surface area contributed by atoms with Crippen LogP contribution in [0.25, 0.3) is 0 Å². The first-order chi connectivity index (χ1) is 7.76. The first kappa shape index (κ1) is 15.5. The standard InChI is InChI=1S/C12H21NO4/c1-5-8-13(9-6-7-10(14)15)11(16)17-12(2,3)4/h5H,1,6-9H2,2-4H3,(H,14,15). The molecule has 0 aromatic carbocycles. The smallest absolute Gasteiger partial charge is 0.410 e. The highest BCUT2D eigenvalue weighted by molar-refractivity contribution is 5.69. The third kappa shape index (κ3) is 8.30. The molecule has 0 bridgehead atoms. The zero-order valence-electron chi connectivity index (χ0n) is 10.7. The van der Waals surface area contributed by atoms with Gasteiger partial charge in [-0.15, -0.1) is 6.58 Å². The second kappa shape index (κ2) is 6.93. The topological polar surface area (TPSA) is 66.8 Å². The average Bonchev–Trinajstić information content (AvgIpc) is 2.13. The summed E-state index contributed by atoms with van der Waals surface area (Å²) in [6, 6.07) is 0. The van der Waals surface area contributed by atoms with Crippen LogP contribution in [0.2, 0.25) is 0 Å². The van der Waals surface area contributed by atoms with E-state index in [-0.39, 0.29) is 6.42 Å². The fourth-order valence-electron chi connectivity index (χ4n) is 1.16. The third-order valence-electron chi connectivity index (χ3n) is 1.82. The average molecular weight is 243 g/mol. The van der Waals surface area contributed by atoms with Crippen molar-refractivity contribution in [1.29, 1.82) is 0 Å². The normalized spacial score (nSPS) is 10.8. The van der Waals surface area contributed by atoms with Gasteiger partial charge in [-0.2, -0.15) is 0 Å². The van der Waals surface area contributed by atoms with Crippen LogP contribution in [-0.4, -0.2) is 40.8 Å². The summed E-state index contributed by atoms with van der Waals surface area (Å²) in [5, 5.41) is 8.53. The molecule has 0 rings (SSSR count). The Morgan fingerprint density at radius 1 is 1.41 bits per heavy atom. The van der Waals surface area contributed by atoms with Gasteiger partial charge in [0.05, 0.1) is 0 Å². The van der Waals surface area contributed by atoms with Gasteiger partial charge in [0.2, 0.25) is 0 Å². The molecule has 0 fully saturated rings. The molecule has 0 heterocycles. The number of ether oxygens (including phenoxy) is 1. The van der Waals surface area contributed by atoms with Gasteiger partial charge >= 0.3 is 12.1 Å². The van der Waals surface area contributed by atoms with Crippen molar-refractivity contribution in [2.24, 2.45) is 0 Å². The Morgan fingerprint density at radius 2 is 2.00 bits per heavy atom. The van der Waals surface area contributed by atoms with Crippen LogP contribution in [0.1, 0.15) is 33.6 Å². The van der Waals surface area contributed by atoms with E-state index in [1.807, 2.05) is 0 Å². The Hall–Kier alpha value is -1.52. The van der Waals surface area contributed by atoms with E-state index in [0.29, 0.717) is 19.5 Å². The number of nitrogens with zero attached hydrogens (tertiary/aromatic N) is 1. The minimum absolute atomic E-state index is 0.0381. The number of hydrogen-bond acceptors (Lipinski definition) is 3. The van der Waals surface area contributed by atoms with E-state index in [4.69, 9.17) is 9.84 Å². The summed E-state index contributed by atoms with van der Waals surface area (Å²) in [5.74, 6) is -0.868. The maximum Gasteiger partial charge on any atom is 0.410 e. The molecule has 98 valence electrons. The lowest BCUT2D eigenvalue weighted by Gasteiger charge is -2.26. The Morgan fingerprint density at radius 3 is 2.41 bits per heavy atom. The van der Waals surface area contributed by atoms with Gasteiger partial charge in [-0.25, -0.2) is 4.79 Å². The van der Waals surface area contributed by atoms with Crippen LogP contribution in [0.5, 0.6) is 0 Å². The van der Waals surface area contributed by atoms with Gasteiger partial charge < -0.3 is 14.7 Å². The lowest BCUT2D eigenvalue weighted by atomic mass is 10.2. The summed E-state index contributed by atoms with van der Waals surface area (Å²) in [7, 11) is 0. The highest BCUT2D eigenvalue weighted by atomic mass is 16.6. The van der Waals surface area contributed by atoms with Crippen molar-refractivity contribution < 1.29 is 19.4 Å². The number of rotatable bonds is 6. The van der Waals surface area contributed by atoms with E-state index in [2.05, 4.69) is 6.58 Å². The molecule has 0 saturated heterocycles. The number of amides is 1.